The lowest BCUT2D eigenvalue weighted by atomic mass is 10.1. The van der Waals surface area contributed by atoms with Gasteiger partial charge in [0.25, 0.3) is 0 Å². The Morgan fingerprint density at radius 1 is 1.18 bits per heavy atom. The largest absolute Gasteiger partial charge is 0.382 e. The van der Waals surface area contributed by atoms with E-state index in [2.05, 4.69) is 10.2 Å². The molecule has 0 atom stereocenters. The second-order valence-corrected chi connectivity index (χ2v) is 4.82. The molecule has 1 aromatic carbocycles. The van der Waals surface area contributed by atoms with Gasteiger partial charge in [-0.25, -0.2) is 8.78 Å². The lowest BCUT2D eigenvalue weighted by Crippen LogP contribution is -2.41. The maximum Gasteiger partial charge on any atom is 0.184 e. The molecule has 2 aliphatic rings. The van der Waals surface area contributed by atoms with E-state index >= 15 is 0 Å². The van der Waals surface area contributed by atoms with Gasteiger partial charge in [-0.15, -0.1) is 0 Å². The Bertz CT molecular complexity index is 428. The fourth-order valence-corrected chi connectivity index (χ4v) is 2.97. The third kappa shape index (κ3) is 1.75. The number of fused-ring (bicyclic) bond motifs is 1. The monoisotopic (exact) mass is 238 g/mol. The Hall–Kier alpha value is -1.32. The molecule has 3 rings (SSSR count). The van der Waals surface area contributed by atoms with E-state index in [1.165, 1.54) is 18.9 Å². The highest BCUT2D eigenvalue weighted by molar-refractivity contribution is 5.73. The average Bonchev–Trinajstić information content (AvgIpc) is 2.87. The van der Waals surface area contributed by atoms with E-state index < -0.39 is 11.6 Å². The van der Waals surface area contributed by atoms with Crippen molar-refractivity contribution in [3.63, 3.8) is 0 Å². The van der Waals surface area contributed by atoms with Crippen LogP contribution < -0.4 is 10.2 Å². The van der Waals surface area contributed by atoms with E-state index in [4.69, 9.17) is 0 Å². The van der Waals surface area contributed by atoms with Gasteiger partial charge in [0.05, 0.1) is 11.4 Å². The smallest absolute Gasteiger partial charge is 0.184 e. The van der Waals surface area contributed by atoms with Crippen molar-refractivity contribution < 1.29 is 8.78 Å². The highest BCUT2D eigenvalue weighted by Crippen LogP contribution is 2.37. The third-order valence-electron chi connectivity index (χ3n) is 3.79. The highest BCUT2D eigenvalue weighted by atomic mass is 19.2. The standard InChI is InChI=1S/C13H16F2N2/c14-10-5-6-11-13(12(10)15)17(8-7-16-11)9-3-1-2-4-9/h5-6,9,16H,1-4,7-8H2. The molecule has 17 heavy (non-hydrogen) atoms. The molecule has 1 aliphatic heterocycles. The predicted molar refractivity (Wildman–Crippen MR) is 64.4 cm³/mol. The third-order valence-corrected chi connectivity index (χ3v) is 3.79. The molecular formula is C13H16F2N2. The Kier molecular flexibility index (Phi) is 2.65. The minimum atomic E-state index is -0.754. The van der Waals surface area contributed by atoms with Gasteiger partial charge in [0.15, 0.2) is 11.6 Å². The van der Waals surface area contributed by atoms with Crippen molar-refractivity contribution in [3.05, 3.63) is 23.8 Å². The van der Waals surface area contributed by atoms with Crippen LogP contribution in [-0.4, -0.2) is 19.1 Å². The summed E-state index contributed by atoms with van der Waals surface area (Å²) >= 11 is 0. The second-order valence-electron chi connectivity index (χ2n) is 4.82. The molecule has 1 fully saturated rings. The van der Waals surface area contributed by atoms with E-state index in [0.29, 0.717) is 11.7 Å². The minimum absolute atomic E-state index is 0.382. The molecule has 1 N–H and O–H groups in total. The molecular weight excluding hydrogens is 222 g/mol. The molecule has 2 nitrogen and oxygen atoms in total. The van der Waals surface area contributed by atoms with Crippen molar-refractivity contribution in [2.45, 2.75) is 31.7 Å². The first-order chi connectivity index (χ1) is 8.27. The lowest BCUT2D eigenvalue weighted by molar-refractivity contribution is 0.496. The van der Waals surface area contributed by atoms with Crippen molar-refractivity contribution in [3.8, 4) is 0 Å². The Labute approximate surface area is 99.6 Å². The van der Waals surface area contributed by atoms with Crippen LogP contribution in [0.15, 0.2) is 12.1 Å². The number of rotatable bonds is 1. The van der Waals surface area contributed by atoms with E-state index in [9.17, 15) is 8.78 Å². The van der Waals surface area contributed by atoms with Crippen molar-refractivity contribution in [2.75, 3.05) is 23.3 Å². The van der Waals surface area contributed by atoms with Crippen LogP contribution in [0.2, 0.25) is 0 Å². The normalized spacial score (nSPS) is 20.2. The molecule has 1 heterocycles. The van der Waals surface area contributed by atoms with Crippen LogP contribution in [0, 0.1) is 11.6 Å². The minimum Gasteiger partial charge on any atom is -0.382 e. The first-order valence-electron chi connectivity index (χ1n) is 6.26. The molecule has 1 aliphatic carbocycles. The van der Waals surface area contributed by atoms with Crippen LogP contribution in [-0.2, 0) is 0 Å². The van der Waals surface area contributed by atoms with E-state index in [0.717, 1.165) is 31.6 Å². The summed E-state index contributed by atoms with van der Waals surface area (Å²) in [6.45, 7) is 1.56. The van der Waals surface area contributed by atoms with Gasteiger partial charge in [0, 0.05) is 19.1 Å². The number of halogens is 2. The molecule has 0 aromatic heterocycles. The first kappa shape index (κ1) is 10.8. The van der Waals surface area contributed by atoms with Crippen molar-refractivity contribution in [2.24, 2.45) is 0 Å². The van der Waals surface area contributed by atoms with Gasteiger partial charge in [-0.3, -0.25) is 0 Å². The molecule has 0 amide bonds. The molecule has 0 unspecified atom stereocenters. The van der Waals surface area contributed by atoms with Gasteiger partial charge < -0.3 is 10.2 Å². The fourth-order valence-electron chi connectivity index (χ4n) is 2.97. The molecule has 0 radical (unpaired) electrons. The molecule has 0 spiro atoms. The van der Waals surface area contributed by atoms with Crippen molar-refractivity contribution in [1.82, 2.24) is 0 Å². The van der Waals surface area contributed by atoms with Crippen molar-refractivity contribution in [1.29, 1.82) is 0 Å². The summed E-state index contributed by atoms with van der Waals surface area (Å²) in [7, 11) is 0. The fraction of sp³-hybridized carbons (Fsp3) is 0.538. The van der Waals surface area contributed by atoms with Gasteiger partial charge in [-0.1, -0.05) is 12.8 Å². The number of nitrogens with one attached hydrogen (secondary N) is 1. The van der Waals surface area contributed by atoms with Crippen LogP contribution in [0.4, 0.5) is 20.2 Å². The summed E-state index contributed by atoms with van der Waals surface area (Å²) in [6, 6.07) is 3.21. The summed E-state index contributed by atoms with van der Waals surface area (Å²) in [5.74, 6) is -1.46. The van der Waals surface area contributed by atoms with E-state index in [-0.39, 0.29) is 0 Å². The SMILES string of the molecule is Fc1ccc2c(c1F)N(C1CCCC1)CCN2. The summed E-state index contributed by atoms with van der Waals surface area (Å²) in [4.78, 5) is 2.05. The number of hydrogen-bond acceptors (Lipinski definition) is 2. The van der Waals surface area contributed by atoms with Crippen molar-refractivity contribution >= 4 is 11.4 Å². The molecule has 0 saturated heterocycles. The Morgan fingerprint density at radius 2 is 1.94 bits per heavy atom. The van der Waals surface area contributed by atoms with Gasteiger partial charge in [-0.05, 0) is 25.0 Å². The van der Waals surface area contributed by atoms with Crippen LogP contribution in [0.5, 0.6) is 0 Å². The van der Waals surface area contributed by atoms with Gasteiger partial charge in [0.2, 0.25) is 0 Å². The van der Waals surface area contributed by atoms with Crippen LogP contribution in [0.1, 0.15) is 25.7 Å². The summed E-state index contributed by atoms with van der Waals surface area (Å²) in [5.41, 5.74) is 1.16. The Morgan fingerprint density at radius 3 is 2.71 bits per heavy atom. The average molecular weight is 238 g/mol. The molecule has 92 valence electrons. The van der Waals surface area contributed by atoms with Crippen LogP contribution >= 0.6 is 0 Å². The summed E-state index contributed by atoms with van der Waals surface area (Å²) in [5, 5.41) is 3.14. The van der Waals surface area contributed by atoms with Crippen LogP contribution in [0.25, 0.3) is 0 Å². The number of benzene rings is 1. The summed E-state index contributed by atoms with van der Waals surface area (Å²) in [6.07, 6.45) is 4.58. The zero-order valence-electron chi connectivity index (χ0n) is 9.68. The second kappa shape index (κ2) is 4.17. The molecule has 1 aromatic rings. The molecule has 4 heteroatoms. The zero-order chi connectivity index (χ0) is 11.8. The topological polar surface area (TPSA) is 15.3 Å². The van der Waals surface area contributed by atoms with Crippen LogP contribution in [0.3, 0.4) is 0 Å². The zero-order valence-corrected chi connectivity index (χ0v) is 9.68. The maximum absolute atomic E-state index is 13.9. The lowest BCUT2D eigenvalue weighted by Gasteiger charge is -2.36. The van der Waals surface area contributed by atoms with Gasteiger partial charge >= 0.3 is 0 Å². The van der Waals surface area contributed by atoms with Gasteiger partial charge in [0.1, 0.15) is 0 Å². The van der Waals surface area contributed by atoms with E-state index in [1.54, 1.807) is 6.07 Å². The highest BCUT2D eigenvalue weighted by Gasteiger charge is 2.30. The van der Waals surface area contributed by atoms with E-state index in [1.807, 2.05) is 0 Å². The quantitative estimate of drug-likeness (QED) is 0.808. The molecule has 1 saturated carbocycles. The predicted octanol–water partition coefficient (Wildman–Crippen LogP) is 3.14. The number of hydrogen-bond donors (Lipinski definition) is 1. The van der Waals surface area contributed by atoms with Gasteiger partial charge in [-0.2, -0.15) is 0 Å². The summed E-state index contributed by atoms with van der Waals surface area (Å²) < 4.78 is 27.3. The Balaban J connectivity index is 2.02. The molecule has 0 bridgehead atoms. The maximum atomic E-state index is 13.9. The number of anilines is 2. The first-order valence-corrected chi connectivity index (χ1v) is 6.26. The number of nitrogens with zero attached hydrogens (tertiary/aromatic N) is 1.